The molecule has 0 bridgehead atoms. The molecule has 1 aliphatic rings. The number of para-hydroxylation sites is 2. The minimum Gasteiger partial charge on any atom is -0.497 e. The molecule has 9 heteroatoms. The van der Waals surface area contributed by atoms with Crippen molar-refractivity contribution >= 4 is 23.2 Å². The average Bonchev–Trinajstić information content (AvgIpc) is 2.91. The molecular weight excluding hydrogens is 458 g/mol. The number of hydrogen-bond donors (Lipinski definition) is 2. The molecule has 2 N–H and O–H groups in total. The van der Waals surface area contributed by atoms with Crippen molar-refractivity contribution < 1.29 is 19.0 Å². The topological polar surface area (TPSA) is 88.2 Å². The molecule has 2 amide bonds. The number of hydrogen-bond acceptors (Lipinski definition) is 7. The summed E-state index contributed by atoms with van der Waals surface area (Å²) >= 11 is 0. The monoisotopic (exact) mass is 491 g/mol. The molecule has 1 fully saturated rings. The molecule has 0 atom stereocenters. The molecule has 0 radical (unpaired) electrons. The molecule has 0 unspecified atom stereocenters. The van der Waals surface area contributed by atoms with Gasteiger partial charge in [-0.2, -0.15) is 0 Å². The summed E-state index contributed by atoms with van der Waals surface area (Å²) in [5.41, 5.74) is 2.35. The molecule has 1 saturated heterocycles. The van der Waals surface area contributed by atoms with Crippen molar-refractivity contribution in [3.8, 4) is 17.2 Å². The average molecular weight is 492 g/mol. The zero-order valence-corrected chi connectivity index (χ0v) is 21.0. The Kier molecular flexibility index (Phi) is 8.46. The van der Waals surface area contributed by atoms with Crippen LogP contribution in [0, 0.1) is 0 Å². The van der Waals surface area contributed by atoms with Gasteiger partial charge in [-0.05, 0) is 49.4 Å². The van der Waals surface area contributed by atoms with Gasteiger partial charge in [0.2, 0.25) is 0 Å². The van der Waals surface area contributed by atoms with Crippen molar-refractivity contribution in [2.24, 2.45) is 0 Å². The molecule has 36 heavy (non-hydrogen) atoms. The standard InChI is InChI=1S/C27H33N5O4/c1-4-36-25-8-6-5-7-23(25)30-27(33)29-21-9-12-26(28-18-21)32-15-13-31(14-16-32)19-20-17-22(34-2)10-11-24(20)35-3/h5-12,17-18H,4,13-16,19H2,1-3H3,(H2,29,30,33). The van der Waals surface area contributed by atoms with E-state index in [2.05, 4.69) is 25.4 Å². The number of carbonyl (C=O) groups excluding carboxylic acids is 1. The van der Waals surface area contributed by atoms with E-state index in [9.17, 15) is 4.79 Å². The lowest BCUT2D eigenvalue weighted by Crippen LogP contribution is -2.46. The number of aromatic nitrogens is 1. The van der Waals surface area contributed by atoms with E-state index in [1.165, 1.54) is 0 Å². The smallest absolute Gasteiger partial charge is 0.323 e. The number of nitrogens with one attached hydrogen (secondary N) is 2. The zero-order chi connectivity index (χ0) is 25.3. The second-order valence-corrected chi connectivity index (χ2v) is 8.35. The van der Waals surface area contributed by atoms with Crippen LogP contribution in [-0.2, 0) is 6.54 Å². The zero-order valence-electron chi connectivity index (χ0n) is 21.0. The first-order valence-corrected chi connectivity index (χ1v) is 12.0. The van der Waals surface area contributed by atoms with Crippen molar-refractivity contribution in [2.45, 2.75) is 13.5 Å². The molecule has 1 aliphatic heterocycles. The Morgan fingerprint density at radius 3 is 2.44 bits per heavy atom. The number of ether oxygens (including phenoxy) is 3. The Morgan fingerprint density at radius 1 is 0.944 bits per heavy atom. The highest BCUT2D eigenvalue weighted by atomic mass is 16.5. The third-order valence-electron chi connectivity index (χ3n) is 6.02. The minimum absolute atomic E-state index is 0.349. The third-order valence-corrected chi connectivity index (χ3v) is 6.02. The number of piperazine rings is 1. The summed E-state index contributed by atoms with van der Waals surface area (Å²) < 4.78 is 16.5. The number of benzene rings is 2. The van der Waals surface area contributed by atoms with E-state index < -0.39 is 0 Å². The van der Waals surface area contributed by atoms with Gasteiger partial charge in [0.15, 0.2) is 0 Å². The number of pyridine rings is 1. The van der Waals surface area contributed by atoms with Crippen LogP contribution in [0.1, 0.15) is 12.5 Å². The number of methoxy groups -OCH3 is 2. The van der Waals surface area contributed by atoms with Crippen LogP contribution in [0.4, 0.5) is 22.0 Å². The molecule has 1 aromatic heterocycles. The fourth-order valence-corrected chi connectivity index (χ4v) is 4.16. The van der Waals surface area contributed by atoms with Gasteiger partial charge in [0.25, 0.3) is 0 Å². The van der Waals surface area contributed by atoms with Crippen molar-refractivity contribution in [1.29, 1.82) is 0 Å². The van der Waals surface area contributed by atoms with Crippen LogP contribution in [-0.4, -0.2) is 62.9 Å². The van der Waals surface area contributed by atoms with Gasteiger partial charge in [0.1, 0.15) is 23.1 Å². The number of rotatable bonds is 9. The normalized spacial score (nSPS) is 13.7. The SMILES string of the molecule is CCOc1ccccc1NC(=O)Nc1ccc(N2CCN(Cc3cc(OC)ccc3OC)CC2)nc1. The number of carbonyl (C=O) groups is 1. The second-order valence-electron chi connectivity index (χ2n) is 8.35. The van der Waals surface area contributed by atoms with Crippen LogP contribution in [0.5, 0.6) is 17.2 Å². The first-order valence-electron chi connectivity index (χ1n) is 12.0. The fourth-order valence-electron chi connectivity index (χ4n) is 4.16. The van der Waals surface area contributed by atoms with Gasteiger partial charge in [0, 0.05) is 38.3 Å². The quantitative estimate of drug-likeness (QED) is 0.457. The Labute approximate surface area is 212 Å². The van der Waals surface area contributed by atoms with E-state index >= 15 is 0 Å². The first-order chi connectivity index (χ1) is 17.6. The van der Waals surface area contributed by atoms with Crippen LogP contribution in [0.3, 0.4) is 0 Å². The van der Waals surface area contributed by atoms with E-state index in [-0.39, 0.29) is 6.03 Å². The van der Waals surface area contributed by atoms with Crippen LogP contribution in [0.15, 0.2) is 60.8 Å². The Bertz CT molecular complexity index is 1150. The summed E-state index contributed by atoms with van der Waals surface area (Å²) in [6, 6.07) is 16.7. The summed E-state index contributed by atoms with van der Waals surface area (Å²) in [4.78, 5) is 21.7. The predicted molar refractivity (Wildman–Crippen MR) is 142 cm³/mol. The molecule has 2 aromatic carbocycles. The molecule has 4 rings (SSSR count). The van der Waals surface area contributed by atoms with Gasteiger partial charge in [-0.25, -0.2) is 9.78 Å². The van der Waals surface area contributed by atoms with Crippen molar-refractivity contribution in [3.05, 3.63) is 66.4 Å². The van der Waals surface area contributed by atoms with Crippen molar-refractivity contribution in [3.63, 3.8) is 0 Å². The number of amides is 2. The molecule has 190 valence electrons. The number of anilines is 3. The summed E-state index contributed by atoms with van der Waals surface area (Å²) in [5, 5.41) is 5.65. The van der Waals surface area contributed by atoms with Crippen LogP contribution < -0.4 is 29.7 Å². The van der Waals surface area contributed by atoms with Crippen molar-refractivity contribution in [1.82, 2.24) is 9.88 Å². The highest BCUT2D eigenvalue weighted by Crippen LogP contribution is 2.27. The van der Waals surface area contributed by atoms with Crippen molar-refractivity contribution in [2.75, 3.05) is 62.5 Å². The van der Waals surface area contributed by atoms with Gasteiger partial charge in [-0.15, -0.1) is 0 Å². The summed E-state index contributed by atoms with van der Waals surface area (Å²) in [6.45, 7) is 6.76. The van der Waals surface area contributed by atoms with E-state index in [1.54, 1.807) is 26.5 Å². The van der Waals surface area contributed by atoms with E-state index in [4.69, 9.17) is 14.2 Å². The van der Waals surface area contributed by atoms with Gasteiger partial charge < -0.3 is 29.7 Å². The second kappa shape index (κ2) is 12.1. The molecule has 2 heterocycles. The summed E-state index contributed by atoms with van der Waals surface area (Å²) in [7, 11) is 3.36. The lowest BCUT2D eigenvalue weighted by Gasteiger charge is -2.35. The Morgan fingerprint density at radius 2 is 1.75 bits per heavy atom. The largest absolute Gasteiger partial charge is 0.497 e. The molecule has 9 nitrogen and oxygen atoms in total. The summed E-state index contributed by atoms with van der Waals surface area (Å²) in [6.07, 6.45) is 1.68. The van der Waals surface area contributed by atoms with E-state index in [0.717, 1.165) is 55.6 Å². The highest BCUT2D eigenvalue weighted by Gasteiger charge is 2.20. The maximum atomic E-state index is 12.5. The molecule has 0 saturated carbocycles. The predicted octanol–water partition coefficient (Wildman–Crippen LogP) is 4.46. The minimum atomic E-state index is -0.349. The van der Waals surface area contributed by atoms with Gasteiger partial charge in [0.05, 0.1) is 38.4 Å². The fraction of sp³-hybridized carbons (Fsp3) is 0.333. The summed E-state index contributed by atoms with van der Waals surface area (Å²) in [5.74, 6) is 3.22. The number of urea groups is 1. The van der Waals surface area contributed by atoms with Crippen LogP contribution in [0.2, 0.25) is 0 Å². The van der Waals surface area contributed by atoms with E-state index in [1.807, 2.05) is 55.5 Å². The van der Waals surface area contributed by atoms with Crippen LogP contribution in [0.25, 0.3) is 0 Å². The third kappa shape index (κ3) is 6.37. The van der Waals surface area contributed by atoms with E-state index in [0.29, 0.717) is 23.7 Å². The maximum Gasteiger partial charge on any atom is 0.323 e. The van der Waals surface area contributed by atoms with Gasteiger partial charge in [-0.1, -0.05) is 12.1 Å². The molecule has 3 aromatic rings. The lowest BCUT2D eigenvalue weighted by molar-refractivity contribution is 0.245. The molecule has 0 aliphatic carbocycles. The van der Waals surface area contributed by atoms with Gasteiger partial charge in [-0.3, -0.25) is 4.90 Å². The Hall–Kier alpha value is -3.98. The maximum absolute atomic E-state index is 12.5. The molecule has 0 spiro atoms. The van der Waals surface area contributed by atoms with Crippen LogP contribution >= 0.6 is 0 Å². The lowest BCUT2D eigenvalue weighted by atomic mass is 10.1. The van der Waals surface area contributed by atoms with Gasteiger partial charge >= 0.3 is 6.03 Å². The highest BCUT2D eigenvalue weighted by molar-refractivity contribution is 6.00. The number of nitrogens with zero attached hydrogens (tertiary/aromatic N) is 3. The molecular formula is C27H33N5O4. The first kappa shape index (κ1) is 25.1. The Balaban J connectivity index is 1.29.